The minimum Gasteiger partial charge on any atom is -0.0812 e. The highest BCUT2D eigenvalue weighted by molar-refractivity contribution is 14.1. The van der Waals surface area contributed by atoms with Gasteiger partial charge in [0, 0.05) is 14.3 Å². The molecule has 0 spiro atoms. The van der Waals surface area contributed by atoms with Gasteiger partial charge in [0.15, 0.2) is 0 Å². The molecular formula is C23H28I2. The molecule has 0 radical (unpaired) electrons. The number of benzene rings is 2. The van der Waals surface area contributed by atoms with E-state index in [4.69, 9.17) is 0 Å². The Bertz CT molecular complexity index is 669. The second-order valence-corrected chi connectivity index (χ2v) is 8.84. The second-order valence-electron chi connectivity index (χ2n) is 7.32. The lowest BCUT2D eigenvalue weighted by Crippen LogP contribution is -2.25. The zero-order valence-corrected chi connectivity index (χ0v) is 19.7. The van der Waals surface area contributed by atoms with Crippen molar-refractivity contribution in [3.8, 4) is 11.1 Å². The van der Waals surface area contributed by atoms with E-state index in [9.17, 15) is 0 Å². The van der Waals surface area contributed by atoms with Gasteiger partial charge >= 0.3 is 0 Å². The molecule has 0 aromatic heterocycles. The molecule has 0 atom stereocenters. The molecule has 1 aliphatic carbocycles. The Labute approximate surface area is 180 Å². The van der Waals surface area contributed by atoms with E-state index in [1.807, 2.05) is 0 Å². The summed E-state index contributed by atoms with van der Waals surface area (Å²) in [5, 5.41) is 0. The summed E-state index contributed by atoms with van der Waals surface area (Å²) in [5.41, 5.74) is 9.40. The maximum atomic E-state index is 2.52. The van der Waals surface area contributed by atoms with Gasteiger partial charge < -0.3 is 0 Å². The number of rotatable bonds is 8. The molecule has 0 saturated heterocycles. The summed E-state index contributed by atoms with van der Waals surface area (Å²) >= 11 is 5.00. The van der Waals surface area contributed by atoms with Gasteiger partial charge in [-0.05, 0) is 46.2 Å². The molecule has 0 amide bonds. The molecule has 25 heavy (non-hydrogen) atoms. The highest BCUT2D eigenvalue weighted by Gasteiger charge is 2.42. The first-order valence-corrected chi connectivity index (χ1v) is 12.6. The van der Waals surface area contributed by atoms with Gasteiger partial charge in [-0.1, -0.05) is 121 Å². The molecule has 0 unspecified atom stereocenters. The predicted octanol–water partition coefficient (Wildman–Crippen LogP) is 8.20. The summed E-state index contributed by atoms with van der Waals surface area (Å²) in [6.45, 7) is 4.65. The van der Waals surface area contributed by atoms with Crippen LogP contribution < -0.4 is 0 Å². The molecule has 2 aromatic carbocycles. The van der Waals surface area contributed by atoms with Crippen LogP contribution in [0.1, 0.15) is 74.6 Å². The Balaban J connectivity index is 2.23. The maximum Gasteiger partial charge on any atom is 0.0247 e. The van der Waals surface area contributed by atoms with E-state index < -0.39 is 0 Å². The van der Waals surface area contributed by atoms with Crippen molar-refractivity contribution in [2.75, 3.05) is 0 Å². The van der Waals surface area contributed by atoms with Gasteiger partial charge in [-0.25, -0.2) is 0 Å². The highest BCUT2D eigenvalue weighted by atomic mass is 127. The van der Waals surface area contributed by atoms with Crippen molar-refractivity contribution in [2.24, 2.45) is 0 Å². The Hall–Kier alpha value is -0.100. The molecule has 2 aromatic rings. The van der Waals surface area contributed by atoms with Gasteiger partial charge in [-0.3, -0.25) is 0 Å². The molecule has 0 fully saturated rings. The zero-order chi connectivity index (χ0) is 17.9. The largest absolute Gasteiger partial charge is 0.0812 e. The SMILES string of the molecule is CCCCC1(CCCC)c2cc(CI)ccc2-c2ccc(CI)cc21. The summed E-state index contributed by atoms with van der Waals surface area (Å²) in [7, 11) is 0. The van der Waals surface area contributed by atoms with Crippen LogP contribution in [0.2, 0.25) is 0 Å². The van der Waals surface area contributed by atoms with E-state index in [-0.39, 0.29) is 5.41 Å². The Morgan fingerprint density at radius 2 is 1.16 bits per heavy atom. The Morgan fingerprint density at radius 1 is 0.720 bits per heavy atom. The van der Waals surface area contributed by atoms with Crippen LogP contribution in [-0.4, -0.2) is 0 Å². The molecule has 3 rings (SSSR count). The number of hydrogen-bond acceptors (Lipinski definition) is 0. The van der Waals surface area contributed by atoms with Crippen molar-refractivity contribution < 1.29 is 0 Å². The fourth-order valence-electron chi connectivity index (χ4n) is 4.38. The van der Waals surface area contributed by atoms with Crippen LogP contribution in [0.5, 0.6) is 0 Å². The maximum absolute atomic E-state index is 2.52. The van der Waals surface area contributed by atoms with Crippen molar-refractivity contribution in [1.82, 2.24) is 0 Å². The zero-order valence-electron chi connectivity index (χ0n) is 15.4. The first-order chi connectivity index (χ1) is 12.2. The third kappa shape index (κ3) is 3.67. The molecule has 0 N–H and O–H groups in total. The van der Waals surface area contributed by atoms with Crippen molar-refractivity contribution >= 4 is 45.2 Å². The molecule has 134 valence electrons. The molecule has 0 aliphatic heterocycles. The van der Waals surface area contributed by atoms with Gasteiger partial charge in [-0.2, -0.15) is 0 Å². The Kier molecular flexibility index (Phi) is 6.86. The van der Waals surface area contributed by atoms with E-state index in [2.05, 4.69) is 95.4 Å². The minimum atomic E-state index is 0.236. The predicted molar refractivity (Wildman–Crippen MR) is 127 cm³/mol. The number of alkyl halides is 2. The Morgan fingerprint density at radius 3 is 1.52 bits per heavy atom. The van der Waals surface area contributed by atoms with Crippen molar-refractivity contribution in [2.45, 2.75) is 66.6 Å². The first kappa shape index (κ1) is 19.7. The van der Waals surface area contributed by atoms with Crippen LogP contribution >= 0.6 is 45.2 Å². The molecule has 0 nitrogen and oxygen atoms in total. The van der Waals surface area contributed by atoms with E-state index >= 15 is 0 Å². The minimum absolute atomic E-state index is 0.236. The number of unbranched alkanes of at least 4 members (excludes halogenated alkanes) is 2. The lowest BCUT2D eigenvalue weighted by Gasteiger charge is -2.33. The van der Waals surface area contributed by atoms with Gasteiger partial charge in [0.05, 0.1) is 0 Å². The molecule has 2 heteroatoms. The van der Waals surface area contributed by atoms with Crippen LogP contribution in [0.4, 0.5) is 0 Å². The molecule has 0 bridgehead atoms. The quantitative estimate of drug-likeness (QED) is 0.226. The van der Waals surface area contributed by atoms with Crippen molar-refractivity contribution in [3.05, 3.63) is 58.7 Å². The summed E-state index contributed by atoms with van der Waals surface area (Å²) in [4.78, 5) is 0. The fourth-order valence-corrected chi connectivity index (χ4v) is 5.33. The monoisotopic (exact) mass is 558 g/mol. The van der Waals surface area contributed by atoms with Crippen LogP contribution in [0.15, 0.2) is 36.4 Å². The average molecular weight is 558 g/mol. The lowest BCUT2D eigenvalue weighted by molar-refractivity contribution is 0.414. The third-order valence-corrected chi connectivity index (χ3v) is 7.47. The van der Waals surface area contributed by atoms with Gasteiger partial charge in [0.1, 0.15) is 0 Å². The summed E-state index contributed by atoms with van der Waals surface area (Å²) in [6.07, 6.45) is 7.75. The summed E-state index contributed by atoms with van der Waals surface area (Å²) in [6, 6.07) is 14.5. The van der Waals surface area contributed by atoms with Gasteiger partial charge in [0.2, 0.25) is 0 Å². The standard InChI is InChI=1S/C23H28I2/c1-3-5-11-23(12-6-4-2)21-13-17(15-24)7-9-19(21)20-10-8-18(16-25)14-22(20)23/h7-10,13-14H,3-6,11-12,15-16H2,1-2H3. The molecular weight excluding hydrogens is 530 g/mol. The fraction of sp³-hybridized carbons (Fsp3) is 0.478. The normalized spacial score (nSPS) is 14.4. The van der Waals surface area contributed by atoms with Gasteiger partial charge in [-0.15, -0.1) is 0 Å². The van der Waals surface area contributed by atoms with Crippen molar-refractivity contribution in [3.63, 3.8) is 0 Å². The average Bonchev–Trinajstić information content (AvgIpc) is 2.93. The summed E-state index contributed by atoms with van der Waals surface area (Å²) in [5.74, 6) is 0. The number of fused-ring (bicyclic) bond motifs is 3. The topological polar surface area (TPSA) is 0 Å². The third-order valence-electron chi connectivity index (χ3n) is 5.71. The molecule has 1 aliphatic rings. The van der Waals surface area contributed by atoms with E-state index in [0.29, 0.717) is 0 Å². The van der Waals surface area contributed by atoms with Crippen LogP contribution in [-0.2, 0) is 14.3 Å². The lowest BCUT2D eigenvalue weighted by atomic mass is 9.70. The first-order valence-electron chi connectivity index (χ1n) is 9.59. The van der Waals surface area contributed by atoms with Gasteiger partial charge in [0.25, 0.3) is 0 Å². The van der Waals surface area contributed by atoms with E-state index in [1.165, 1.54) is 60.8 Å². The number of hydrogen-bond donors (Lipinski definition) is 0. The summed E-state index contributed by atoms with van der Waals surface area (Å²) < 4.78 is 2.19. The second kappa shape index (κ2) is 8.73. The van der Waals surface area contributed by atoms with Crippen LogP contribution in [0, 0.1) is 0 Å². The van der Waals surface area contributed by atoms with E-state index in [0.717, 1.165) is 8.86 Å². The van der Waals surface area contributed by atoms with E-state index in [1.54, 1.807) is 11.1 Å². The highest BCUT2D eigenvalue weighted by Crippen LogP contribution is 2.54. The van der Waals surface area contributed by atoms with Crippen LogP contribution in [0.25, 0.3) is 11.1 Å². The number of halogens is 2. The smallest absolute Gasteiger partial charge is 0.0247 e. The molecule has 0 saturated carbocycles. The van der Waals surface area contributed by atoms with Crippen LogP contribution in [0.3, 0.4) is 0 Å². The molecule has 0 heterocycles. The van der Waals surface area contributed by atoms with Crippen molar-refractivity contribution in [1.29, 1.82) is 0 Å².